The minimum Gasteiger partial charge on any atom is -0.465 e. The fraction of sp³-hybridized carbons (Fsp3) is 0.554. The average Bonchev–Trinajstić information content (AvgIpc) is 3.84. The van der Waals surface area contributed by atoms with E-state index in [1.807, 2.05) is 69.3 Å². The number of fused-ring (bicyclic) bond motifs is 5. The van der Waals surface area contributed by atoms with E-state index < -0.39 is 66.4 Å². The van der Waals surface area contributed by atoms with E-state index in [1.54, 1.807) is 13.2 Å². The van der Waals surface area contributed by atoms with Crippen molar-refractivity contribution in [1.82, 2.24) is 0 Å². The Morgan fingerprint density at radius 1 is 0.886 bits per heavy atom. The number of unbranched alkanes of at least 4 members (excludes halogenated alkanes) is 3. The zero-order valence-corrected chi connectivity index (χ0v) is 41.2. The summed E-state index contributed by atoms with van der Waals surface area (Å²) in [6.07, 6.45) is -1.82. The zero-order valence-electron chi connectivity index (χ0n) is 41.2. The minimum atomic E-state index is -1.65. The molecule has 5 unspecified atom stereocenters. The first-order valence-electron chi connectivity index (χ1n) is 25.0. The van der Waals surface area contributed by atoms with Gasteiger partial charge in [-0.05, 0) is 85.3 Å². The van der Waals surface area contributed by atoms with Crippen LogP contribution in [-0.2, 0) is 44.4 Å². The normalized spacial score (nSPS) is 31.1. The van der Waals surface area contributed by atoms with Gasteiger partial charge in [-0.15, -0.1) is 0 Å². The molecule has 13 atom stereocenters. The monoisotopic (exact) mass is 966 g/mol. The second kappa shape index (κ2) is 22.3. The third kappa shape index (κ3) is 10.8. The number of carbonyl (C=O) groups is 2. The van der Waals surface area contributed by atoms with E-state index in [2.05, 4.69) is 18.2 Å². The molecule has 0 bridgehead atoms. The van der Waals surface area contributed by atoms with Crippen molar-refractivity contribution < 1.29 is 62.9 Å². The summed E-state index contributed by atoms with van der Waals surface area (Å²) in [7, 11) is 1.67. The molecule has 8 rings (SSSR count). The molecule has 378 valence electrons. The third-order valence-corrected chi connectivity index (χ3v) is 15.4. The van der Waals surface area contributed by atoms with E-state index in [1.165, 1.54) is 19.4 Å². The molecule has 1 aliphatic heterocycles. The lowest BCUT2D eigenvalue weighted by Gasteiger charge is -2.46. The van der Waals surface area contributed by atoms with Crippen LogP contribution in [0.5, 0.6) is 0 Å². The summed E-state index contributed by atoms with van der Waals surface area (Å²) in [6.45, 7) is 9.16. The molecule has 4 aliphatic rings. The highest BCUT2D eigenvalue weighted by Crippen LogP contribution is 2.56. The van der Waals surface area contributed by atoms with Gasteiger partial charge in [0.1, 0.15) is 35.8 Å². The van der Waals surface area contributed by atoms with Gasteiger partial charge in [0.25, 0.3) is 0 Å². The first kappa shape index (κ1) is 51.6. The van der Waals surface area contributed by atoms with Crippen LogP contribution < -0.4 is 5.43 Å². The molecule has 2 heterocycles. The zero-order chi connectivity index (χ0) is 49.9. The highest BCUT2D eigenvalue weighted by atomic mass is 16.7. The van der Waals surface area contributed by atoms with Crippen LogP contribution in [0.4, 0.5) is 0 Å². The molecule has 1 aromatic heterocycles. The summed E-state index contributed by atoms with van der Waals surface area (Å²) in [4.78, 5) is 37.5. The number of hydrogen-bond acceptors (Lipinski definition) is 14. The summed E-state index contributed by atoms with van der Waals surface area (Å²) in [6, 6.07) is 21.3. The number of methoxy groups -OCH3 is 1. The Morgan fingerprint density at radius 3 is 2.39 bits per heavy atom. The number of aliphatic hydroxyl groups excluding tert-OH is 4. The number of aliphatic hydroxyl groups is 4. The predicted octanol–water partition coefficient (Wildman–Crippen LogP) is 7.37. The van der Waals surface area contributed by atoms with Crippen molar-refractivity contribution in [1.29, 1.82) is 0 Å². The van der Waals surface area contributed by atoms with E-state index >= 15 is 0 Å². The van der Waals surface area contributed by atoms with Gasteiger partial charge in [0, 0.05) is 56.4 Å². The van der Waals surface area contributed by atoms with Gasteiger partial charge in [-0.3, -0.25) is 14.4 Å². The third-order valence-electron chi connectivity index (χ3n) is 15.4. The lowest BCUT2D eigenvalue weighted by molar-refractivity contribution is -0.318. The Balaban J connectivity index is 0.899. The molecule has 70 heavy (non-hydrogen) atoms. The number of ether oxygens (including phenoxy) is 6. The van der Waals surface area contributed by atoms with Gasteiger partial charge >= 0.3 is 11.9 Å². The van der Waals surface area contributed by atoms with Crippen molar-refractivity contribution in [3.05, 3.63) is 105 Å². The van der Waals surface area contributed by atoms with Crippen LogP contribution in [0.25, 0.3) is 33.1 Å². The van der Waals surface area contributed by atoms with Gasteiger partial charge in [0.2, 0.25) is 0 Å². The van der Waals surface area contributed by atoms with Crippen molar-refractivity contribution in [3.63, 3.8) is 0 Å². The molecule has 3 aromatic carbocycles. The van der Waals surface area contributed by atoms with Crippen molar-refractivity contribution in [2.24, 2.45) is 29.1 Å². The summed E-state index contributed by atoms with van der Waals surface area (Å²) in [5, 5.41) is 50.1. The largest absolute Gasteiger partial charge is 0.465 e. The number of esters is 2. The highest BCUT2D eigenvalue weighted by Gasteiger charge is 2.56. The first-order chi connectivity index (χ1) is 33.6. The summed E-state index contributed by atoms with van der Waals surface area (Å²) in [5.74, 6) is -1.25. The maximum Gasteiger partial charge on any atom is 0.303 e. The molecule has 0 amide bonds. The molecule has 1 saturated carbocycles. The number of carbonyl (C=O) groups excluding carboxylic acids is 2. The van der Waals surface area contributed by atoms with Crippen molar-refractivity contribution in [3.8, 4) is 11.3 Å². The second-order valence-electron chi connectivity index (χ2n) is 20.2. The molecule has 4 N–H and O–H groups in total. The standard InChI is InChI=1S/C56H70O14/c1-31(28-66-33(3)57)41-25-47(60)56(5)27-42-38(29-64-6)20-22-39(42)32(2)50(61)53(49(41)56)70-55-52(63)54(67-34(4)58)51(62)46(69-55)30-65-24-12-8-7-9-13-35-16-18-37(19-17-35)45-26-43(59)48-40-15-11-10-14-36(40)21-23-44(48)68-45/h10-11,14-19,21,23,26-27,31-32,38-39,46-47,50-55,60-63H,7-9,12-13,20,22,24-25,28-30H2,1-6H3/b42-27-/t31-,32-,38-,39+,46?,47+,50-,51?,52?,53-,54?,55?,56+/m1/s1. The molecule has 14 nitrogen and oxygen atoms in total. The van der Waals surface area contributed by atoms with Crippen LogP contribution >= 0.6 is 0 Å². The van der Waals surface area contributed by atoms with Crippen LogP contribution in [-0.4, -0.2) is 115 Å². The van der Waals surface area contributed by atoms with Crippen LogP contribution in [0.1, 0.15) is 85.1 Å². The molecular weight excluding hydrogens is 897 g/mol. The molecule has 0 radical (unpaired) electrons. The maximum atomic E-state index is 13.2. The Labute approximate surface area is 409 Å². The number of hydrogen-bond donors (Lipinski definition) is 4. The number of rotatable bonds is 18. The van der Waals surface area contributed by atoms with E-state index in [-0.39, 0.29) is 48.7 Å². The SMILES string of the molecule is COC[C@H]1CC[C@@H]2/C1=C\[C@]1(C)C(=C([C@H](C)COC(C)=O)C[C@@H]1O)[C@@H](OC1OC(COCCCCCCc3ccc(-c4cc(=O)c5c(ccc6ccccc65)o4)cc3)C(O)C(OC(C)=O)C1O)[C@H](O)[C@@H]2C. The van der Waals surface area contributed by atoms with E-state index in [9.17, 15) is 34.8 Å². The Bertz CT molecular complexity index is 2600. The quantitative estimate of drug-likeness (QED) is 0.0333. The Morgan fingerprint density at radius 2 is 1.64 bits per heavy atom. The summed E-state index contributed by atoms with van der Waals surface area (Å²) in [5.41, 5.74) is 3.99. The second-order valence-corrected chi connectivity index (χ2v) is 20.2. The van der Waals surface area contributed by atoms with E-state index in [4.69, 9.17) is 32.8 Å². The van der Waals surface area contributed by atoms with E-state index in [0.29, 0.717) is 35.5 Å². The van der Waals surface area contributed by atoms with Crippen LogP contribution in [0.2, 0.25) is 0 Å². The van der Waals surface area contributed by atoms with Gasteiger partial charge in [0.15, 0.2) is 17.8 Å². The fourth-order valence-corrected chi connectivity index (χ4v) is 11.5. The minimum absolute atomic E-state index is 0.0367. The fourth-order valence-electron chi connectivity index (χ4n) is 11.5. The van der Waals surface area contributed by atoms with Crippen LogP contribution in [0.3, 0.4) is 0 Å². The first-order valence-corrected chi connectivity index (χ1v) is 25.0. The van der Waals surface area contributed by atoms with Gasteiger partial charge in [-0.2, -0.15) is 0 Å². The van der Waals surface area contributed by atoms with Crippen molar-refractivity contribution in [2.75, 3.05) is 33.5 Å². The molecule has 14 heteroatoms. The van der Waals surface area contributed by atoms with E-state index in [0.717, 1.165) is 72.4 Å². The Kier molecular flexibility index (Phi) is 16.5. The number of aryl methyl sites for hydroxylation is 1. The van der Waals surface area contributed by atoms with Crippen LogP contribution in [0.15, 0.2) is 98.7 Å². The summed E-state index contributed by atoms with van der Waals surface area (Å²) < 4.78 is 41.9. The van der Waals surface area contributed by atoms with Gasteiger partial charge in [0.05, 0.1) is 37.4 Å². The topological polar surface area (TPSA) is 201 Å². The molecule has 3 aliphatic carbocycles. The average molecular weight is 967 g/mol. The smallest absolute Gasteiger partial charge is 0.303 e. The van der Waals surface area contributed by atoms with Gasteiger partial charge < -0.3 is 53.3 Å². The Hall–Kier alpha value is -4.77. The van der Waals surface area contributed by atoms with Gasteiger partial charge in [-0.25, -0.2) is 0 Å². The lowest BCUT2D eigenvalue weighted by Crippen LogP contribution is -2.62. The molecule has 4 aromatic rings. The van der Waals surface area contributed by atoms with Crippen LogP contribution in [0, 0.1) is 29.1 Å². The highest BCUT2D eigenvalue weighted by molar-refractivity contribution is 6.05. The van der Waals surface area contributed by atoms with Crippen molar-refractivity contribution in [2.45, 2.75) is 135 Å². The summed E-state index contributed by atoms with van der Waals surface area (Å²) >= 11 is 0. The van der Waals surface area contributed by atoms with Gasteiger partial charge in [-0.1, -0.05) is 98.5 Å². The molecule has 0 spiro atoms. The van der Waals surface area contributed by atoms with Crippen molar-refractivity contribution >= 4 is 33.7 Å². The lowest BCUT2D eigenvalue weighted by atomic mass is 9.68. The molecular formula is C56H70O14. The molecule has 1 saturated heterocycles. The predicted molar refractivity (Wildman–Crippen MR) is 262 cm³/mol. The molecule has 2 fully saturated rings. The maximum absolute atomic E-state index is 13.2. The number of benzene rings is 3.